The van der Waals surface area contributed by atoms with E-state index in [1.807, 2.05) is 25.2 Å². The number of anilines is 1. The van der Waals surface area contributed by atoms with Crippen molar-refractivity contribution in [2.45, 2.75) is 0 Å². The van der Waals surface area contributed by atoms with Crippen molar-refractivity contribution in [3.63, 3.8) is 0 Å². The summed E-state index contributed by atoms with van der Waals surface area (Å²) >= 11 is 0. The highest BCUT2D eigenvalue weighted by Gasteiger charge is 2.14. The lowest BCUT2D eigenvalue weighted by atomic mass is 10.1. The molecule has 2 heterocycles. The molecule has 0 fully saturated rings. The number of hydrogen-bond acceptors (Lipinski definition) is 4. The zero-order valence-electron chi connectivity index (χ0n) is 8.78. The summed E-state index contributed by atoms with van der Waals surface area (Å²) in [7, 11) is 1.82. The summed E-state index contributed by atoms with van der Waals surface area (Å²) in [6, 6.07) is 5.81. The summed E-state index contributed by atoms with van der Waals surface area (Å²) in [5, 5.41) is 2.95. The molecule has 0 saturated carbocycles. The van der Waals surface area contributed by atoms with Crippen LogP contribution in [0.4, 0.5) is 5.95 Å². The van der Waals surface area contributed by atoms with E-state index in [1.165, 1.54) is 0 Å². The zero-order chi connectivity index (χ0) is 11.0. The molecule has 1 aliphatic heterocycles. The van der Waals surface area contributed by atoms with Crippen LogP contribution in [-0.4, -0.2) is 23.8 Å². The lowest BCUT2D eigenvalue weighted by Crippen LogP contribution is -1.92. The quantitative estimate of drug-likeness (QED) is 0.805. The van der Waals surface area contributed by atoms with Gasteiger partial charge in [-0.1, -0.05) is 0 Å². The van der Waals surface area contributed by atoms with Gasteiger partial charge in [0.1, 0.15) is 0 Å². The molecule has 16 heavy (non-hydrogen) atoms. The van der Waals surface area contributed by atoms with Gasteiger partial charge in [-0.2, -0.15) is 0 Å². The molecule has 1 aliphatic rings. The Balaban J connectivity index is 2.00. The van der Waals surface area contributed by atoms with Gasteiger partial charge in [-0.05, 0) is 18.2 Å². The van der Waals surface area contributed by atoms with Crippen molar-refractivity contribution in [2.75, 3.05) is 19.2 Å². The molecule has 0 amide bonds. The number of rotatable bonds is 2. The van der Waals surface area contributed by atoms with Gasteiger partial charge in [-0.25, -0.2) is 4.98 Å². The molecule has 1 aromatic carbocycles. The number of imidazole rings is 1. The molecular weight excluding hydrogens is 206 g/mol. The van der Waals surface area contributed by atoms with Crippen LogP contribution in [0.15, 0.2) is 24.4 Å². The summed E-state index contributed by atoms with van der Waals surface area (Å²) in [5.74, 6) is 2.31. The van der Waals surface area contributed by atoms with Crippen LogP contribution in [0.2, 0.25) is 0 Å². The van der Waals surface area contributed by atoms with Gasteiger partial charge in [0.15, 0.2) is 17.4 Å². The van der Waals surface area contributed by atoms with E-state index in [1.54, 1.807) is 6.20 Å². The fourth-order valence-electron chi connectivity index (χ4n) is 1.66. The summed E-state index contributed by atoms with van der Waals surface area (Å²) in [6.45, 7) is 0.295. The molecule has 0 saturated heterocycles. The number of nitrogens with zero attached hydrogens (tertiary/aromatic N) is 1. The molecule has 82 valence electrons. The number of H-pyrrole nitrogens is 1. The second-order valence-electron chi connectivity index (χ2n) is 3.46. The minimum Gasteiger partial charge on any atom is -0.454 e. The molecule has 0 unspecified atom stereocenters. The van der Waals surface area contributed by atoms with Gasteiger partial charge in [0.2, 0.25) is 6.79 Å². The van der Waals surface area contributed by atoms with Gasteiger partial charge in [-0.15, -0.1) is 0 Å². The number of nitrogens with one attached hydrogen (secondary N) is 2. The Morgan fingerprint density at radius 2 is 2.19 bits per heavy atom. The predicted octanol–water partition coefficient (Wildman–Crippen LogP) is 1.85. The highest BCUT2D eigenvalue weighted by Crippen LogP contribution is 2.35. The van der Waals surface area contributed by atoms with Crippen LogP contribution in [0.1, 0.15) is 0 Å². The fraction of sp³-hybridized carbons (Fsp3) is 0.182. The lowest BCUT2D eigenvalue weighted by molar-refractivity contribution is 0.174. The first-order valence-electron chi connectivity index (χ1n) is 4.99. The van der Waals surface area contributed by atoms with Crippen LogP contribution >= 0.6 is 0 Å². The predicted molar refractivity (Wildman–Crippen MR) is 59.7 cm³/mol. The van der Waals surface area contributed by atoms with Gasteiger partial charge in [0.25, 0.3) is 0 Å². The maximum Gasteiger partial charge on any atom is 0.231 e. The molecule has 0 bridgehead atoms. The Hall–Kier alpha value is -2.17. The third kappa shape index (κ3) is 1.37. The van der Waals surface area contributed by atoms with E-state index < -0.39 is 0 Å². The molecule has 0 aliphatic carbocycles. The van der Waals surface area contributed by atoms with Gasteiger partial charge in [0.05, 0.1) is 11.9 Å². The van der Waals surface area contributed by atoms with Crippen LogP contribution in [-0.2, 0) is 0 Å². The van der Waals surface area contributed by atoms with E-state index in [2.05, 4.69) is 15.3 Å². The highest BCUT2D eigenvalue weighted by atomic mass is 16.7. The summed E-state index contributed by atoms with van der Waals surface area (Å²) in [5.41, 5.74) is 1.97. The topological polar surface area (TPSA) is 59.2 Å². The van der Waals surface area contributed by atoms with Crippen molar-refractivity contribution in [2.24, 2.45) is 0 Å². The van der Waals surface area contributed by atoms with Crippen LogP contribution in [0.25, 0.3) is 11.3 Å². The van der Waals surface area contributed by atoms with Crippen LogP contribution in [0, 0.1) is 0 Å². The second-order valence-corrected chi connectivity index (χ2v) is 3.46. The average molecular weight is 217 g/mol. The zero-order valence-corrected chi connectivity index (χ0v) is 8.78. The third-order valence-electron chi connectivity index (χ3n) is 2.50. The molecule has 1 aromatic heterocycles. The Bertz CT molecular complexity index is 522. The monoisotopic (exact) mass is 217 g/mol. The molecule has 0 radical (unpaired) electrons. The van der Waals surface area contributed by atoms with Gasteiger partial charge in [0, 0.05) is 12.6 Å². The number of hydrogen-bond donors (Lipinski definition) is 2. The Kier molecular flexibility index (Phi) is 1.96. The number of fused-ring (bicyclic) bond motifs is 1. The Morgan fingerprint density at radius 3 is 3.00 bits per heavy atom. The Labute approximate surface area is 92.4 Å². The van der Waals surface area contributed by atoms with E-state index in [9.17, 15) is 0 Å². The smallest absolute Gasteiger partial charge is 0.231 e. The summed E-state index contributed by atoms with van der Waals surface area (Å²) < 4.78 is 10.6. The van der Waals surface area contributed by atoms with Crippen molar-refractivity contribution in [1.29, 1.82) is 0 Å². The molecule has 5 heteroatoms. The van der Waals surface area contributed by atoms with Crippen LogP contribution in [0.5, 0.6) is 11.5 Å². The largest absolute Gasteiger partial charge is 0.454 e. The standard InChI is InChI=1S/C11H11N3O2/c1-12-11-13-5-8(14-11)7-2-3-9-10(4-7)16-6-15-9/h2-5H,6H2,1H3,(H2,12,13,14). The van der Waals surface area contributed by atoms with Crippen molar-refractivity contribution in [1.82, 2.24) is 9.97 Å². The molecule has 0 atom stereocenters. The van der Waals surface area contributed by atoms with E-state index in [0.29, 0.717) is 6.79 Å². The Morgan fingerprint density at radius 1 is 1.31 bits per heavy atom. The summed E-state index contributed by atoms with van der Waals surface area (Å²) in [6.07, 6.45) is 1.78. The molecule has 0 spiro atoms. The maximum atomic E-state index is 5.32. The van der Waals surface area contributed by atoms with Crippen molar-refractivity contribution in [3.8, 4) is 22.8 Å². The fourth-order valence-corrected chi connectivity index (χ4v) is 1.66. The number of ether oxygens (including phenoxy) is 2. The van der Waals surface area contributed by atoms with Crippen molar-refractivity contribution < 1.29 is 9.47 Å². The number of aromatic amines is 1. The molecule has 2 N–H and O–H groups in total. The minimum absolute atomic E-state index is 0.295. The highest BCUT2D eigenvalue weighted by molar-refractivity contribution is 5.65. The van der Waals surface area contributed by atoms with E-state index in [0.717, 1.165) is 28.7 Å². The molecule has 5 nitrogen and oxygen atoms in total. The first kappa shape index (κ1) is 9.08. The van der Waals surface area contributed by atoms with Crippen LogP contribution < -0.4 is 14.8 Å². The summed E-state index contributed by atoms with van der Waals surface area (Å²) in [4.78, 5) is 7.32. The lowest BCUT2D eigenvalue weighted by Gasteiger charge is -2.00. The van der Waals surface area contributed by atoms with E-state index in [4.69, 9.17) is 9.47 Å². The van der Waals surface area contributed by atoms with Crippen molar-refractivity contribution in [3.05, 3.63) is 24.4 Å². The first-order valence-corrected chi connectivity index (χ1v) is 4.99. The van der Waals surface area contributed by atoms with Crippen molar-refractivity contribution >= 4 is 5.95 Å². The minimum atomic E-state index is 0.295. The van der Waals surface area contributed by atoms with E-state index >= 15 is 0 Å². The average Bonchev–Trinajstić information content (AvgIpc) is 2.96. The number of aromatic nitrogens is 2. The molecular formula is C11H11N3O2. The number of benzene rings is 1. The molecule has 2 aromatic rings. The second kappa shape index (κ2) is 3.44. The maximum absolute atomic E-state index is 5.32. The van der Waals surface area contributed by atoms with Gasteiger partial charge < -0.3 is 19.8 Å². The van der Waals surface area contributed by atoms with Gasteiger partial charge >= 0.3 is 0 Å². The SMILES string of the molecule is CNc1ncc(-c2ccc3c(c2)OCO3)[nH]1. The third-order valence-corrected chi connectivity index (χ3v) is 2.50. The van der Waals surface area contributed by atoms with Gasteiger partial charge in [-0.3, -0.25) is 0 Å². The van der Waals surface area contributed by atoms with E-state index in [-0.39, 0.29) is 0 Å². The van der Waals surface area contributed by atoms with Crippen LogP contribution in [0.3, 0.4) is 0 Å². The first-order chi connectivity index (χ1) is 7.86. The normalized spacial score (nSPS) is 12.8. The molecule has 3 rings (SSSR count).